The lowest BCUT2D eigenvalue weighted by Crippen LogP contribution is -2.48. The Labute approximate surface area is 166 Å². The van der Waals surface area contributed by atoms with Crippen LogP contribution in [-0.2, 0) is 33.4 Å². The quantitative estimate of drug-likeness (QED) is 0.412. The number of aliphatic carboxylic acids is 1. The first-order valence-corrected chi connectivity index (χ1v) is 5.93. The number of esters is 3. The van der Waals surface area contributed by atoms with Crippen LogP contribution in [0, 0.1) is 0 Å². The maximum atomic E-state index is 13.0. The molecule has 0 aromatic heterocycles. The first kappa shape index (κ1) is 6.31. The molecule has 0 amide bonds. The van der Waals surface area contributed by atoms with Crippen LogP contribution in [0.15, 0.2) is 0 Å². The van der Waals surface area contributed by atoms with E-state index in [4.69, 9.17) is 24.7 Å². The van der Waals surface area contributed by atoms with Crippen LogP contribution in [0.1, 0.15) is 83.6 Å². The molecule has 0 bridgehead atoms. The van der Waals surface area contributed by atoms with Crippen LogP contribution in [0.2, 0.25) is 0 Å². The van der Waals surface area contributed by atoms with Crippen molar-refractivity contribution >= 4 is 23.9 Å². The van der Waals surface area contributed by atoms with E-state index >= 15 is 0 Å². The topological polar surface area (TPSA) is 116 Å². The number of carboxylic acids is 1. The van der Waals surface area contributed by atoms with Gasteiger partial charge in [-0.3, -0.25) is 14.4 Å². The smallest absolute Gasteiger partial charge is 0.351 e. The normalized spacial score (nSPS) is 28.5. The third-order valence-corrected chi connectivity index (χ3v) is 2.11. The summed E-state index contributed by atoms with van der Waals surface area (Å²) < 4.78 is 147. The van der Waals surface area contributed by atoms with E-state index in [-0.39, 0.29) is 0 Å². The number of hydrogen-bond donors (Lipinski definition) is 1. The van der Waals surface area contributed by atoms with Crippen molar-refractivity contribution in [1.82, 2.24) is 0 Å². The average Bonchev–Trinajstić information content (AvgIpc) is 2.69. The lowest BCUT2D eigenvalue weighted by molar-refractivity contribution is -0.189. The maximum absolute atomic E-state index is 13.0. The van der Waals surface area contributed by atoms with E-state index in [0.29, 0.717) is 6.92 Å². The number of carbonyl (C=O) groups excluding carboxylic acids is 3. The molecule has 0 aromatic carbocycles. The van der Waals surface area contributed by atoms with Crippen molar-refractivity contribution in [2.45, 2.75) is 64.6 Å². The first-order chi connectivity index (χ1) is 18.1. The van der Waals surface area contributed by atoms with Crippen LogP contribution in [-0.4, -0.2) is 47.7 Å². The van der Waals surface area contributed by atoms with Crippen LogP contribution in [0.5, 0.6) is 0 Å². The van der Waals surface area contributed by atoms with E-state index in [1.165, 1.54) is 0 Å². The van der Waals surface area contributed by atoms with Gasteiger partial charge in [0.15, 0.2) is 0 Å². The van der Waals surface area contributed by atoms with Gasteiger partial charge >= 0.3 is 23.9 Å². The Kier molecular flexibility index (Phi) is 3.00. The highest BCUT2D eigenvalue weighted by atomic mass is 16.6. The summed E-state index contributed by atoms with van der Waals surface area (Å²) in [7, 11) is 0. The number of carbonyl (C=O) groups is 4. The summed E-state index contributed by atoms with van der Waals surface area (Å²) in [4.78, 5) is 48.9. The van der Waals surface area contributed by atoms with Crippen LogP contribution in [0.4, 0.5) is 0 Å². The lowest BCUT2D eigenvalue weighted by Gasteiger charge is -2.28. The fraction of sp³-hybridized carbons (Fsp3) is 0.750. The molecule has 0 rings (SSSR count). The number of hydrogen-bond acceptors (Lipinski definition) is 7. The van der Waals surface area contributed by atoms with Crippen LogP contribution >= 0.6 is 0 Å². The Morgan fingerprint density at radius 3 is 2.12 bits per heavy atom. The molecule has 138 valence electrons. The number of ether oxygens (including phenoxy) is 3. The molecular weight excluding hydrogens is 320 g/mol. The van der Waals surface area contributed by atoms with Crippen LogP contribution < -0.4 is 0 Å². The number of rotatable bonds is 12. The second kappa shape index (κ2) is 11.4. The molecule has 1 unspecified atom stereocenters. The standard InChI is InChI=1S/C16H26O8/c1-4-6-8-22-14(20)11-16(10-13(18)19,24-12(3)17)15(21)23-9-7-5-2/h4-11H2,1-3H3,(H,18,19)/i1D3,2D3,4D2,5D2,6D2,7D2,8D2,9D2. The molecule has 0 aliphatic rings. The SMILES string of the molecule is [2H]C([2H])([2H])C([2H])([2H])C([2H])([2H])C([2H])([2H])OC(=O)CC(CC(=O)O)(OC(C)=O)C(=O)OC([2H])([2H])C([2H])([2H])C([2H])([2H])C([2H])([2H])[2H]. The van der Waals surface area contributed by atoms with Gasteiger partial charge in [-0.05, 0) is 12.7 Å². The highest BCUT2D eigenvalue weighted by Crippen LogP contribution is 2.25. The zero-order chi connectivity index (χ0) is 34.3. The Morgan fingerprint density at radius 1 is 1.04 bits per heavy atom. The summed E-state index contributed by atoms with van der Waals surface area (Å²) in [6.45, 7) is -15.7. The van der Waals surface area contributed by atoms with Gasteiger partial charge in [0.25, 0.3) is 0 Å². The Morgan fingerprint density at radius 2 is 1.62 bits per heavy atom. The molecule has 0 aliphatic heterocycles. The molecule has 0 radical (unpaired) electrons. The summed E-state index contributed by atoms with van der Waals surface area (Å²) in [5.74, 6) is -8.38. The van der Waals surface area contributed by atoms with Crippen molar-refractivity contribution in [1.29, 1.82) is 0 Å². The largest absolute Gasteiger partial charge is 0.481 e. The van der Waals surface area contributed by atoms with E-state index in [1.54, 1.807) is 0 Å². The van der Waals surface area contributed by atoms with Crippen molar-refractivity contribution in [3.63, 3.8) is 0 Å². The van der Waals surface area contributed by atoms with Gasteiger partial charge in [0.1, 0.15) is 0 Å². The van der Waals surface area contributed by atoms with E-state index < -0.39 is 94.6 Å². The second-order valence-electron chi connectivity index (χ2n) is 3.90. The Balaban J connectivity index is 6.76. The van der Waals surface area contributed by atoms with E-state index in [9.17, 15) is 24.3 Å². The summed E-state index contributed by atoms with van der Waals surface area (Å²) in [5.41, 5.74) is -3.59. The lowest BCUT2D eigenvalue weighted by atomic mass is 9.95. The monoisotopic (exact) mass is 364 g/mol. The summed E-state index contributed by atoms with van der Waals surface area (Å²) in [5, 5.41) is 9.28. The zero-order valence-corrected chi connectivity index (χ0v) is 12.2. The van der Waals surface area contributed by atoms with Crippen molar-refractivity contribution in [3.05, 3.63) is 0 Å². The van der Waals surface area contributed by atoms with Gasteiger partial charge in [-0.15, -0.1) is 0 Å². The van der Waals surface area contributed by atoms with Crippen LogP contribution in [0.25, 0.3) is 0 Å². The highest BCUT2D eigenvalue weighted by molar-refractivity contribution is 5.91. The second-order valence-corrected chi connectivity index (χ2v) is 3.90. The minimum Gasteiger partial charge on any atom is -0.481 e. The fourth-order valence-corrected chi connectivity index (χ4v) is 1.41. The molecule has 1 atom stereocenters. The van der Waals surface area contributed by atoms with E-state index in [0.717, 1.165) is 0 Å². The minimum atomic E-state index is -4.31. The van der Waals surface area contributed by atoms with Gasteiger partial charge in [0, 0.05) is 26.1 Å². The predicted molar refractivity (Wildman–Crippen MR) is 83.1 cm³/mol. The molecule has 0 fully saturated rings. The van der Waals surface area contributed by atoms with Gasteiger partial charge in [-0.25, -0.2) is 4.79 Å². The Bertz CT molecular complexity index is 1040. The molecule has 0 aliphatic carbocycles. The van der Waals surface area contributed by atoms with Crippen molar-refractivity contribution in [3.8, 4) is 0 Å². The van der Waals surface area contributed by atoms with E-state index in [1.807, 2.05) is 0 Å². The van der Waals surface area contributed by atoms with Crippen molar-refractivity contribution in [2.24, 2.45) is 0 Å². The molecule has 24 heavy (non-hydrogen) atoms. The average molecular weight is 364 g/mol. The van der Waals surface area contributed by atoms with Gasteiger partial charge in [-0.2, -0.15) is 0 Å². The molecule has 0 aromatic rings. The third kappa shape index (κ3) is 8.50. The van der Waals surface area contributed by atoms with Gasteiger partial charge in [0.2, 0.25) is 5.60 Å². The summed E-state index contributed by atoms with van der Waals surface area (Å²) >= 11 is 0. The van der Waals surface area contributed by atoms with Gasteiger partial charge in [-0.1, -0.05) is 26.4 Å². The first-order valence-electron chi connectivity index (χ1n) is 14.9. The summed E-state index contributed by atoms with van der Waals surface area (Å²) in [6.07, 6.45) is -20.4. The molecular formula is C16H26O8. The Hall–Kier alpha value is -2.12. The highest BCUT2D eigenvalue weighted by Gasteiger charge is 2.48. The molecule has 0 saturated heterocycles. The van der Waals surface area contributed by atoms with Gasteiger partial charge in [0.05, 0.1) is 31.4 Å². The molecule has 0 spiro atoms. The summed E-state index contributed by atoms with van der Waals surface area (Å²) in [6, 6.07) is 0. The van der Waals surface area contributed by atoms with Crippen molar-refractivity contribution < 1.29 is 63.2 Å². The predicted octanol–water partition coefficient (Wildman–Crippen LogP) is 1.84. The minimum absolute atomic E-state index is 0.513. The molecule has 0 heterocycles. The van der Waals surface area contributed by atoms with Gasteiger partial charge < -0.3 is 19.3 Å². The van der Waals surface area contributed by atoms with Crippen LogP contribution in [0.3, 0.4) is 0 Å². The van der Waals surface area contributed by atoms with E-state index in [2.05, 4.69) is 14.2 Å². The van der Waals surface area contributed by atoms with Crippen molar-refractivity contribution in [2.75, 3.05) is 13.1 Å². The number of carboxylic acid groups (broad SMARTS) is 1. The molecule has 0 saturated carbocycles. The zero-order valence-electron chi connectivity index (χ0n) is 30.2. The fourth-order valence-electron chi connectivity index (χ4n) is 1.41. The third-order valence-electron chi connectivity index (χ3n) is 2.11. The molecule has 8 nitrogen and oxygen atoms in total. The molecule has 1 N–H and O–H groups in total. The molecule has 8 heteroatoms. The maximum Gasteiger partial charge on any atom is 0.351 e.